The van der Waals surface area contributed by atoms with E-state index >= 15 is 0 Å². The second kappa shape index (κ2) is 7.07. The molecule has 114 valence electrons. The quantitative estimate of drug-likeness (QED) is 0.847. The number of rotatable bonds is 5. The van der Waals surface area contributed by atoms with Crippen LogP contribution in [0.1, 0.15) is 42.3 Å². The highest BCUT2D eigenvalue weighted by atomic mass is 16.4. The Morgan fingerprint density at radius 1 is 1.24 bits per heavy atom. The predicted molar refractivity (Wildman–Crippen MR) is 84.2 cm³/mol. The number of benzene rings is 1. The molecule has 1 rings (SSSR count). The van der Waals surface area contributed by atoms with Crippen LogP contribution in [-0.4, -0.2) is 35.0 Å². The highest BCUT2D eigenvalue weighted by molar-refractivity contribution is 5.95. The number of hydrogen-bond acceptors (Lipinski definition) is 2. The zero-order valence-electron chi connectivity index (χ0n) is 13.3. The zero-order valence-corrected chi connectivity index (χ0v) is 13.3. The van der Waals surface area contributed by atoms with Gasteiger partial charge in [-0.1, -0.05) is 19.9 Å². The molecule has 1 N–H and O–H groups in total. The maximum atomic E-state index is 12.5. The summed E-state index contributed by atoms with van der Waals surface area (Å²) in [6.45, 7) is 8.05. The van der Waals surface area contributed by atoms with E-state index in [0.29, 0.717) is 11.5 Å². The van der Waals surface area contributed by atoms with Crippen molar-refractivity contribution in [1.82, 2.24) is 4.90 Å². The number of nitrogens with zero attached hydrogens (tertiary/aromatic N) is 1. The van der Waals surface area contributed by atoms with Gasteiger partial charge in [0.15, 0.2) is 0 Å². The van der Waals surface area contributed by atoms with Crippen LogP contribution in [-0.2, 0) is 4.79 Å². The number of carboxylic acid groups (broad SMARTS) is 1. The molecule has 21 heavy (non-hydrogen) atoms. The van der Waals surface area contributed by atoms with Crippen LogP contribution in [0, 0.1) is 12.8 Å². The lowest BCUT2D eigenvalue weighted by molar-refractivity contribution is -0.131. The molecule has 1 unspecified atom stereocenters. The number of aliphatic carboxylic acids is 1. The van der Waals surface area contributed by atoms with E-state index < -0.39 is 5.97 Å². The number of hydrogen-bond donors (Lipinski definition) is 1. The average molecular weight is 289 g/mol. The van der Waals surface area contributed by atoms with E-state index in [-0.39, 0.29) is 11.9 Å². The Balaban J connectivity index is 3.06. The van der Waals surface area contributed by atoms with Gasteiger partial charge in [0.05, 0.1) is 0 Å². The fourth-order valence-corrected chi connectivity index (χ4v) is 1.95. The van der Waals surface area contributed by atoms with E-state index in [9.17, 15) is 9.59 Å². The minimum Gasteiger partial charge on any atom is -0.478 e. The van der Waals surface area contributed by atoms with Crippen molar-refractivity contribution in [3.8, 4) is 0 Å². The Hall–Kier alpha value is -2.10. The van der Waals surface area contributed by atoms with Gasteiger partial charge in [-0.3, -0.25) is 4.79 Å². The maximum Gasteiger partial charge on any atom is 0.328 e. The number of carbonyl (C=O) groups excluding carboxylic acids is 1. The van der Waals surface area contributed by atoms with Crippen molar-refractivity contribution in [2.75, 3.05) is 7.05 Å². The highest BCUT2D eigenvalue weighted by Gasteiger charge is 2.20. The first kappa shape index (κ1) is 17.0. The van der Waals surface area contributed by atoms with Gasteiger partial charge in [-0.2, -0.15) is 0 Å². The van der Waals surface area contributed by atoms with Crippen molar-refractivity contribution in [2.45, 2.75) is 33.7 Å². The second-order valence-corrected chi connectivity index (χ2v) is 5.64. The first-order valence-electron chi connectivity index (χ1n) is 7.02. The number of amides is 1. The van der Waals surface area contributed by atoms with Gasteiger partial charge >= 0.3 is 5.97 Å². The molecule has 0 heterocycles. The van der Waals surface area contributed by atoms with Crippen LogP contribution < -0.4 is 0 Å². The van der Waals surface area contributed by atoms with Gasteiger partial charge in [-0.15, -0.1) is 0 Å². The average Bonchev–Trinajstić information content (AvgIpc) is 2.43. The molecule has 0 radical (unpaired) electrons. The standard InChI is InChI=1S/C17H23NO3/c1-11(2)13(4)18(5)17(21)15-7-6-12(3)14(10-15)8-9-16(19)20/h6-11,13H,1-5H3,(H,19,20)/b9-8+. The van der Waals surface area contributed by atoms with Crippen LogP contribution in [0.2, 0.25) is 0 Å². The van der Waals surface area contributed by atoms with Crippen LogP contribution in [0.3, 0.4) is 0 Å². The van der Waals surface area contributed by atoms with Crippen molar-refractivity contribution in [1.29, 1.82) is 0 Å². The summed E-state index contributed by atoms with van der Waals surface area (Å²) in [5, 5.41) is 8.70. The molecule has 0 saturated carbocycles. The van der Waals surface area contributed by atoms with Crippen molar-refractivity contribution >= 4 is 18.0 Å². The predicted octanol–water partition coefficient (Wildman–Crippen LogP) is 3.21. The minimum atomic E-state index is -1.00. The summed E-state index contributed by atoms with van der Waals surface area (Å²) in [5.74, 6) is -0.686. The van der Waals surface area contributed by atoms with Gasteiger partial charge < -0.3 is 10.0 Å². The summed E-state index contributed by atoms with van der Waals surface area (Å²) >= 11 is 0. The maximum absolute atomic E-state index is 12.5. The summed E-state index contributed by atoms with van der Waals surface area (Å²) in [7, 11) is 1.79. The van der Waals surface area contributed by atoms with E-state index in [1.807, 2.05) is 19.9 Å². The Morgan fingerprint density at radius 2 is 1.86 bits per heavy atom. The molecule has 1 aromatic rings. The van der Waals surface area contributed by atoms with Crippen molar-refractivity contribution in [3.63, 3.8) is 0 Å². The molecule has 0 aromatic heterocycles. The Bertz CT molecular complexity index is 561. The largest absolute Gasteiger partial charge is 0.478 e. The molecular weight excluding hydrogens is 266 g/mol. The number of carbonyl (C=O) groups is 2. The normalized spacial score (nSPS) is 12.7. The monoisotopic (exact) mass is 289 g/mol. The number of aryl methyl sites for hydroxylation is 1. The van der Waals surface area contributed by atoms with Crippen LogP contribution in [0.5, 0.6) is 0 Å². The molecule has 0 spiro atoms. The van der Waals surface area contributed by atoms with E-state index in [4.69, 9.17) is 5.11 Å². The summed E-state index contributed by atoms with van der Waals surface area (Å²) in [6.07, 6.45) is 2.59. The van der Waals surface area contributed by atoms with Gasteiger partial charge in [0.1, 0.15) is 0 Å². The lowest BCUT2D eigenvalue weighted by atomic mass is 10.0. The van der Waals surface area contributed by atoms with Gasteiger partial charge in [-0.05, 0) is 49.1 Å². The summed E-state index contributed by atoms with van der Waals surface area (Å²) in [5.41, 5.74) is 2.25. The molecule has 0 aliphatic carbocycles. The number of carboxylic acids is 1. The first-order valence-corrected chi connectivity index (χ1v) is 7.02. The summed E-state index contributed by atoms with van der Waals surface area (Å²) < 4.78 is 0. The lowest BCUT2D eigenvalue weighted by Gasteiger charge is -2.28. The topological polar surface area (TPSA) is 57.6 Å². The molecule has 0 saturated heterocycles. The molecule has 0 bridgehead atoms. The molecular formula is C17H23NO3. The van der Waals surface area contributed by atoms with Crippen molar-refractivity contribution in [3.05, 3.63) is 41.0 Å². The molecule has 4 heteroatoms. The fraction of sp³-hybridized carbons (Fsp3) is 0.412. The van der Waals surface area contributed by atoms with Crippen LogP contribution in [0.15, 0.2) is 24.3 Å². The van der Waals surface area contributed by atoms with Gasteiger partial charge in [0.2, 0.25) is 0 Å². The van der Waals surface area contributed by atoms with Gasteiger partial charge in [0, 0.05) is 24.7 Å². The smallest absolute Gasteiger partial charge is 0.328 e. The lowest BCUT2D eigenvalue weighted by Crippen LogP contribution is -2.38. The SMILES string of the molecule is Cc1ccc(C(=O)N(C)C(C)C(C)C)cc1/C=C/C(=O)O. The van der Waals surface area contributed by atoms with Crippen molar-refractivity contribution < 1.29 is 14.7 Å². The zero-order chi connectivity index (χ0) is 16.2. The summed E-state index contributed by atoms with van der Waals surface area (Å²) in [6, 6.07) is 5.49. The third-order valence-electron chi connectivity index (χ3n) is 3.83. The Kier molecular flexibility index (Phi) is 5.70. The van der Waals surface area contributed by atoms with Crippen LogP contribution in [0.25, 0.3) is 6.08 Å². The van der Waals surface area contributed by atoms with E-state index in [1.165, 1.54) is 6.08 Å². The molecule has 1 atom stereocenters. The molecule has 1 aromatic carbocycles. The fourth-order valence-electron chi connectivity index (χ4n) is 1.95. The molecule has 0 aliphatic rings. The second-order valence-electron chi connectivity index (χ2n) is 5.64. The summed E-state index contributed by atoms with van der Waals surface area (Å²) in [4.78, 5) is 24.8. The Morgan fingerprint density at radius 3 is 2.38 bits per heavy atom. The van der Waals surface area contributed by atoms with Gasteiger partial charge in [-0.25, -0.2) is 4.79 Å². The van der Waals surface area contributed by atoms with Crippen LogP contribution >= 0.6 is 0 Å². The molecule has 0 aliphatic heterocycles. The third-order valence-corrected chi connectivity index (χ3v) is 3.83. The third kappa shape index (κ3) is 4.45. The molecule has 1 amide bonds. The Labute approximate surface area is 126 Å². The minimum absolute atomic E-state index is 0.0545. The van der Waals surface area contributed by atoms with Crippen LogP contribution in [0.4, 0.5) is 0 Å². The van der Waals surface area contributed by atoms with E-state index in [0.717, 1.165) is 17.2 Å². The van der Waals surface area contributed by atoms with E-state index in [1.54, 1.807) is 24.1 Å². The molecule has 4 nitrogen and oxygen atoms in total. The van der Waals surface area contributed by atoms with Gasteiger partial charge in [0.25, 0.3) is 5.91 Å². The highest BCUT2D eigenvalue weighted by Crippen LogP contribution is 2.17. The van der Waals surface area contributed by atoms with Crippen molar-refractivity contribution in [2.24, 2.45) is 5.92 Å². The molecule has 0 fully saturated rings. The first-order chi connectivity index (χ1) is 9.73. The van der Waals surface area contributed by atoms with E-state index in [2.05, 4.69) is 13.8 Å².